The number of nitrogens with one attached hydrogen (secondary N) is 1. The second kappa shape index (κ2) is 8.33. The number of imidazole rings is 1. The zero-order chi connectivity index (χ0) is 12.3. The molecule has 1 aromatic rings. The van der Waals surface area contributed by atoms with Crippen LogP contribution in [-0.2, 0) is 11.3 Å². The van der Waals surface area contributed by atoms with Crippen molar-refractivity contribution in [2.75, 3.05) is 6.54 Å². The second-order valence-corrected chi connectivity index (χ2v) is 3.68. The molecule has 1 rings (SSSR count). The van der Waals surface area contributed by atoms with Crippen LogP contribution in [0.25, 0.3) is 0 Å². The number of hydrogen-bond acceptors (Lipinski definition) is 2. The Kier molecular flexibility index (Phi) is 6.48. The fraction of sp³-hybridized carbons (Fsp3) is 0.385. The average molecular weight is 233 g/mol. The molecule has 4 nitrogen and oxygen atoms in total. The van der Waals surface area contributed by atoms with Crippen molar-refractivity contribution in [3.8, 4) is 0 Å². The molecule has 1 aromatic heterocycles. The topological polar surface area (TPSA) is 46.9 Å². The fourth-order valence-corrected chi connectivity index (χ4v) is 1.36. The van der Waals surface area contributed by atoms with E-state index in [9.17, 15) is 4.79 Å². The molecule has 0 fully saturated rings. The maximum atomic E-state index is 11.3. The molecule has 0 radical (unpaired) electrons. The predicted octanol–water partition coefficient (Wildman–Crippen LogP) is 1.91. The summed E-state index contributed by atoms with van der Waals surface area (Å²) in [5.41, 5.74) is 0. The molecule has 92 valence electrons. The van der Waals surface area contributed by atoms with Gasteiger partial charge in [-0.25, -0.2) is 4.98 Å². The number of unbranched alkanes of at least 4 members (excludes halogenated alkanes) is 1. The molecule has 0 bridgehead atoms. The van der Waals surface area contributed by atoms with E-state index >= 15 is 0 Å². The van der Waals surface area contributed by atoms with Crippen LogP contribution < -0.4 is 5.32 Å². The van der Waals surface area contributed by atoms with E-state index in [4.69, 9.17) is 0 Å². The van der Waals surface area contributed by atoms with Crippen molar-refractivity contribution in [2.45, 2.75) is 26.3 Å². The highest BCUT2D eigenvalue weighted by Gasteiger charge is 1.94. The van der Waals surface area contributed by atoms with Gasteiger partial charge in [-0.1, -0.05) is 18.2 Å². The summed E-state index contributed by atoms with van der Waals surface area (Å²) in [7, 11) is 0. The number of amides is 1. The van der Waals surface area contributed by atoms with E-state index in [2.05, 4.69) is 10.3 Å². The first-order chi connectivity index (χ1) is 8.33. The summed E-state index contributed by atoms with van der Waals surface area (Å²) in [6, 6.07) is 0. The Morgan fingerprint density at radius 3 is 3.00 bits per heavy atom. The lowest BCUT2D eigenvalue weighted by Gasteiger charge is -2.03. The van der Waals surface area contributed by atoms with E-state index < -0.39 is 0 Å². The first-order valence-corrected chi connectivity index (χ1v) is 5.86. The summed E-state index contributed by atoms with van der Waals surface area (Å²) in [6.07, 6.45) is 14.5. The van der Waals surface area contributed by atoms with Gasteiger partial charge in [0.2, 0.25) is 5.91 Å². The molecule has 0 aliphatic rings. The van der Waals surface area contributed by atoms with Gasteiger partial charge in [0.1, 0.15) is 0 Å². The van der Waals surface area contributed by atoms with Gasteiger partial charge in [-0.3, -0.25) is 4.79 Å². The number of hydrogen-bond donors (Lipinski definition) is 1. The van der Waals surface area contributed by atoms with Crippen molar-refractivity contribution in [1.82, 2.24) is 14.9 Å². The smallest absolute Gasteiger partial charge is 0.243 e. The van der Waals surface area contributed by atoms with Crippen molar-refractivity contribution in [3.05, 3.63) is 43.0 Å². The van der Waals surface area contributed by atoms with Crippen molar-refractivity contribution in [1.29, 1.82) is 0 Å². The van der Waals surface area contributed by atoms with Gasteiger partial charge in [0.05, 0.1) is 6.33 Å². The molecule has 0 atom stereocenters. The lowest BCUT2D eigenvalue weighted by Crippen LogP contribution is -2.22. The van der Waals surface area contributed by atoms with E-state index in [1.54, 1.807) is 18.6 Å². The summed E-state index contributed by atoms with van der Waals surface area (Å²) in [4.78, 5) is 15.2. The lowest BCUT2D eigenvalue weighted by molar-refractivity contribution is -0.116. The van der Waals surface area contributed by atoms with Crippen LogP contribution in [0.5, 0.6) is 0 Å². The van der Waals surface area contributed by atoms with Crippen molar-refractivity contribution >= 4 is 5.91 Å². The first kappa shape index (κ1) is 13.2. The molecule has 0 aliphatic carbocycles. The molecule has 1 heterocycles. The Morgan fingerprint density at radius 2 is 2.29 bits per heavy atom. The SMILES string of the molecule is C/C=C/C=C/C(=O)NCCCCn1ccnc1. The van der Waals surface area contributed by atoms with Crippen LogP contribution in [-0.4, -0.2) is 22.0 Å². The van der Waals surface area contributed by atoms with Crippen LogP contribution in [0, 0.1) is 0 Å². The highest BCUT2D eigenvalue weighted by Crippen LogP contribution is 1.93. The van der Waals surface area contributed by atoms with E-state index in [1.807, 2.05) is 29.8 Å². The van der Waals surface area contributed by atoms with Gasteiger partial charge in [-0.05, 0) is 19.8 Å². The number of nitrogens with zero attached hydrogens (tertiary/aromatic N) is 2. The standard InChI is InChI=1S/C13H19N3O/c1-2-3-4-7-13(17)15-8-5-6-10-16-11-9-14-12-16/h2-4,7,9,11-12H,5-6,8,10H2,1H3,(H,15,17)/b3-2+,7-4+. The third-order valence-corrected chi connectivity index (χ3v) is 2.25. The van der Waals surface area contributed by atoms with Crippen LogP contribution in [0.15, 0.2) is 43.0 Å². The summed E-state index contributed by atoms with van der Waals surface area (Å²) in [5, 5.41) is 2.84. The van der Waals surface area contributed by atoms with E-state index in [0.29, 0.717) is 6.54 Å². The monoisotopic (exact) mass is 233 g/mol. The molecule has 0 saturated carbocycles. The highest BCUT2D eigenvalue weighted by atomic mass is 16.1. The summed E-state index contributed by atoms with van der Waals surface area (Å²) >= 11 is 0. The van der Waals surface area contributed by atoms with Crippen molar-refractivity contribution < 1.29 is 4.79 Å². The molecular weight excluding hydrogens is 214 g/mol. The maximum absolute atomic E-state index is 11.3. The van der Waals surface area contributed by atoms with Crippen LogP contribution in [0.2, 0.25) is 0 Å². The number of aromatic nitrogens is 2. The molecule has 0 aromatic carbocycles. The second-order valence-electron chi connectivity index (χ2n) is 3.68. The van der Waals surface area contributed by atoms with Crippen LogP contribution in [0.4, 0.5) is 0 Å². The van der Waals surface area contributed by atoms with E-state index in [-0.39, 0.29) is 5.91 Å². The lowest BCUT2D eigenvalue weighted by atomic mass is 10.3. The summed E-state index contributed by atoms with van der Waals surface area (Å²) < 4.78 is 2.04. The number of carbonyl (C=O) groups is 1. The Labute approximate surface area is 102 Å². The average Bonchev–Trinajstić information content (AvgIpc) is 2.82. The molecule has 0 unspecified atom stereocenters. The Bertz CT molecular complexity index is 366. The minimum Gasteiger partial charge on any atom is -0.353 e. The molecule has 0 saturated heterocycles. The van der Waals surface area contributed by atoms with Crippen LogP contribution in [0.3, 0.4) is 0 Å². The van der Waals surface area contributed by atoms with Gasteiger partial charge in [-0.2, -0.15) is 0 Å². The summed E-state index contributed by atoms with van der Waals surface area (Å²) in [5.74, 6) is -0.0364. The van der Waals surface area contributed by atoms with Crippen LogP contribution >= 0.6 is 0 Å². The molecule has 17 heavy (non-hydrogen) atoms. The number of rotatable bonds is 7. The molecule has 1 amide bonds. The van der Waals surface area contributed by atoms with Gasteiger partial charge in [0, 0.05) is 31.6 Å². The normalized spacial score (nSPS) is 11.4. The minimum atomic E-state index is -0.0364. The third-order valence-electron chi connectivity index (χ3n) is 2.25. The van der Waals surface area contributed by atoms with Gasteiger partial charge in [0.25, 0.3) is 0 Å². The molecule has 0 aliphatic heterocycles. The summed E-state index contributed by atoms with van der Waals surface area (Å²) in [6.45, 7) is 3.58. The van der Waals surface area contributed by atoms with Gasteiger partial charge < -0.3 is 9.88 Å². The third kappa shape index (κ3) is 6.35. The minimum absolute atomic E-state index is 0.0364. The Hall–Kier alpha value is -1.84. The number of allylic oxidation sites excluding steroid dienone is 3. The Balaban J connectivity index is 2.02. The number of aryl methyl sites for hydroxylation is 1. The molecular formula is C13H19N3O. The van der Waals surface area contributed by atoms with Gasteiger partial charge in [-0.15, -0.1) is 0 Å². The van der Waals surface area contributed by atoms with Gasteiger partial charge in [0.15, 0.2) is 0 Å². The highest BCUT2D eigenvalue weighted by molar-refractivity contribution is 5.87. The van der Waals surface area contributed by atoms with Crippen molar-refractivity contribution in [2.24, 2.45) is 0 Å². The fourth-order valence-electron chi connectivity index (χ4n) is 1.36. The zero-order valence-corrected chi connectivity index (χ0v) is 10.2. The number of carbonyl (C=O) groups excluding carboxylic acids is 1. The predicted molar refractivity (Wildman–Crippen MR) is 68.4 cm³/mol. The van der Waals surface area contributed by atoms with Crippen molar-refractivity contribution in [3.63, 3.8) is 0 Å². The molecule has 4 heteroatoms. The van der Waals surface area contributed by atoms with E-state index in [0.717, 1.165) is 19.4 Å². The van der Waals surface area contributed by atoms with Gasteiger partial charge >= 0.3 is 0 Å². The zero-order valence-electron chi connectivity index (χ0n) is 10.2. The first-order valence-electron chi connectivity index (χ1n) is 5.86. The Morgan fingerprint density at radius 1 is 1.41 bits per heavy atom. The largest absolute Gasteiger partial charge is 0.353 e. The van der Waals surface area contributed by atoms with Crippen LogP contribution in [0.1, 0.15) is 19.8 Å². The maximum Gasteiger partial charge on any atom is 0.243 e. The van der Waals surface area contributed by atoms with E-state index in [1.165, 1.54) is 6.08 Å². The quantitative estimate of drug-likeness (QED) is 0.444. The molecule has 1 N–H and O–H groups in total. The molecule has 0 spiro atoms.